The zero-order valence-electron chi connectivity index (χ0n) is 11.8. The summed E-state index contributed by atoms with van der Waals surface area (Å²) in [7, 11) is 0. The van der Waals surface area contributed by atoms with E-state index in [2.05, 4.69) is 15.3 Å². The van der Waals surface area contributed by atoms with Crippen molar-refractivity contribution < 1.29 is 9.53 Å². The topological polar surface area (TPSA) is 84.1 Å². The fourth-order valence-electron chi connectivity index (χ4n) is 2.77. The van der Waals surface area contributed by atoms with E-state index in [1.807, 2.05) is 0 Å². The molecule has 6 nitrogen and oxygen atoms in total. The van der Waals surface area contributed by atoms with Crippen LogP contribution in [0.4, 0.5) is 0 Å². The second-order valence-electron chi connectivity index (χ2n) is 5.39. The molecule has 2 N–H and O–H groups in total. The average Bonchev–Trinajstić information content (AvgIpc) is 3.13. The Kier molecular flexibility index (Phi) is 4.60. The molecule has 1 atom stereocenters. The van der Waals surface area contributed by atoms with Gasteiger partial charge in [-0.3, -0.25) is 4.79 Å². The van der Waals surface area contributed by atoms with Crippen LogP contribution < -0.4 is 11.0 Å². The average molecular weight is 309 g/mol. The molecule has 2 aliphatic rings. The van der Waals surface area contributed by atoms with Crippen LogP contribution in [0.25, 0.3) is 0 Å². The van der Waals surface area contributed by atoms with Gasteiger partial charge < -0.3 is 15.0 Å². The van der Waals surface area contributed by atoms with Crippen LogP contribution >= 0.6 is 11.8 Å². The Morgan fingerprint density at radius 2 is 2.33 bits per heavy atom. The first-order valence-electron chi connectivity index (χ1n) is 7.35. The zero-order chi connectivity index (χ0) is 14.7. The third kappa shape index (κ3) is 3.65. The van der Waals surface area contributed by atoms with Crippen LogP contribution in [0, 0.1) is 0 Å². The smallest absolute Gasteiger partial charge is 0.346 e. The number of aryl methyl sites for hydroxylation is 1. The summed E-state index contributed by atoms with van der Waals surface area (Å²) in [5, 5.41) is 3.59. The van der Waals surface area contributed by atoms with Gasteiger partial charge in [0, 0.05) is 24.4 Å². The number of hydrogen-bond donors (Lipinski definition) is 2. The number of ether oxygens (including phenoxy) is 1. The number of nitrogens with zero attached hydrogens (tertiary/aromatic N) is 1. The third-order valence-electron chi connectivity index (χ3n) is 3.83. The number of carbonyl (C=O) groups is 1. The lowest BCUT2D eigenvalue weighted by Crippen LogP contribution is -2.33. The van der Waals surface area contributed by atoms with E-state index in [1.54, 1.807) is 0 Å². The summed E-state index contributed by atoms with van der Waals surface area (Å²) in [5.74, 6) is 0.250. The molecule has 1 aromatic heterocycles. The van der Waals surface area contributed by atoms with Crippen LogP contribution in [0.2, 0.25) is 0 Å². The molecule has 1 aromatic rings. The third-order valence-corrected chi connectivity index (χ3v) is 4.85. The molecule has 1 aliphatic carbocycles. The number of hydrogen-bond acceptors (Lipinski definition) is 5. The van der Waals surface area contributed by atoms with Gasteiger partial charge in [0.05, 0.1) is 11.9 Å². The van der Waals surface area contributed by atoms with Crippen LogP contribution in [0.15, 0.2) is 9.82 Å². The minimum absolute atomic E-state index is 0.0377. The van der Waals surface area contributed by atoms with Gasteiger partial charge in [-0.05, 0) is 32.1 Å². The largest absolute Gasteiger partial charge is 0.376 e. The Bertz CT molecular complexity index is 581. The lowest BCUT2D eigenvalue weighted by molar-refractivity contribution is -0.119. The van der Waals surface area contributed by atoms with E-state index in [9.17, 15) is 9.59 Å². The molecule has 0 saturated carbocycles. The number of aromatic nitrogens is 2. The van der Waals surface area contributed by atoms with E-state index >= 15 is 0 Å². The lowest BCUT2D eigenvalue weighted by Gasteiger charge is -2.11. The Morgan fingerprint density at radius 1 is 1.43 bits per heavy atom. The zero-order valence-corrected chi connectivity index (χ0v) is 12.6. The maximum atomic E-state index is 11.9. The Morgan fingerprint density at radius 3 is 3.14 bits per heavy atom. The Hall–Kier alpha value is -1.34. The first-order valence-corrected chi connectivity index (χ1v) is 8.34. The molecular formula is C14H19N3O3S. The number of carbonyl (C=O) groups excluding carboxylic acids is 1. The molecular weight excluding hydrogens is 290 g/mol. The highest BCUT2D eigenvalue weighted by Gasteiger charge is 2.19. The molecule has 0 spiro atoms. The van der Waals surface area contributed by atoms with Crippen LogP contribution in [0.5, 0.6) is 0 Å². The predicted molar refractivity (Wildman–Crippen MR) is 79.6 cm³/mol. The van der Waals surface area contributed by atoms with Crippen molar-refractivity contribution >= 4 is 17.7 Å². The minimum atomic E-state index is -0.321. The standard InChI is InChI=1S/C14H19N3O3S/c18-12(15-7-9-3-2-6-20-9)8-21-13-10-4-1-5-11(10)16-14(19)17-13/h9H,1-8H2,(H,15,18)(H,16,17,19)/t9-/m0/s1. The fourth-order valence-corrected chi connectivity index (χ4v) is 3.69. The summed E-state index contributed by atoms with van der Waals surface area (Å²) in [4.78, 5) is 30.1. The summed E-state index contributed by atoms with van der Waals surface area (Å²) in [6, 6.07) is 0. The van der Waals surface area contributed by atoms with Gasteiger partial charge in [0.15, 0.2) is 0 Å². The van der Waals surface area contributed by atoms with E-state index in [-0.39, 0.29) is 23.5 Å². The van der Waals surface area contributed by atoms with Gasteiger partial charge in [-0.15, -0.1) is 0 Å². The first-order chi connectivity index (χ1) is 10.2. The number of fused-ring (bicyclic) bond motifs is 1. The van der Waals surface area contributed by atoms with Gasteiger partial charge in [0.2, 0.25) is 5.91 Å². The molecule has 1 amide bonds. The maximum absolute atomic E-state index is 11.9. The van der Waals surface area contributed by atoms with Crippen molar-refractivity contribution in [3.63, 3.8) is 0 Å². The second-order valence-corrected chi connectivity index (χ2v) is 6.35. The molecule has 7 heteroatoms. The van der Waals surface area contributed by atoms with E-state index in [1.165, 1.54) is 11.8 Å². The molecule has 114 valence electrons. The Labute approximate surface area is 127 Å². The summed E-state index contributed by atoms with van der Waals surface area (Å²) in [5.41, 5.74) is 1.77. The number of amides is 1. The van der Waals surface area contributed by atoms with Gasteiger partial charge in [-0.2, -0.15) is 4.98 Å². The lowest BCUT2D eigenvalue weighted by atomic mass is 10.2. The number of H-pyrrole nitrogens is 1. The number of rotatable bonds is 5. The van der Waals surface area contributed by atoms with Gasteiger partial charge in [-0.1, -0.05) is 11.8 Å². The highest BCUT2D eigenvalue weighted by Crippen LogP contribution is 2.27. The normalized spacial score (nSPS) is 20.5. The SMILES string of the molecule is O=C(CSc1nc(=O)[nH]c2c1CCC2)NC[C@@H]1CCCO1. The predicted octanol–water partition coefficient (Wildman–Crippen LogP) is 0.646. The van der Waals surface area contributed by atoms with Crippen molar-refractivity contribution in [3.05, 3.63) is 21.7 Å². The van der Waals surface area contributed by atoms with Crippen LogP contribution in [-0.2, 0) is 22.4 Å². The molecule has 0 unspecified atom stereocenters. The van der Waals surface area contributed by atoms with E-state index in [0.29, 0.717) is 11.6 Å². The van der Waals surface area contributed by atoms with Crippen molar-refractivity contribution in [2.24, 2.45) is 0 Å². The van der Waals surface area contributed by atoms with Gasteiger partial charge >= 0.3 is 5.69 Å². The number of nitrogens with one attached hydrogen (secondary N) is 2. The van der Waals surface area contributed by atoms with Crippen molar-refractivity contribution in [1.29, 1.82) is 0 Å². The molecule has 0 radical (unpaired) electrons. The summed E-state index contributed by atoms with van der Waals surface area (Å²) in [6.45, 7) is 1.36. The monoisotopic (exact) mass is 309 g/mol. The molecule has 2 heterocycles. The first kappa shape index (κ1) is 14.6. The van der Waals surface area contributed by atoms with E-state index in [0.717, 1.165) is 50.0 Å². The second kappa shape index (κ2) is 6.62. The molecule has 3 rings (SSSR count). The van der Waals surface area contributed by atoms with E-state index < -0.39 is 0 Å². The minimum Gasteiger partial charge on any atom is -0.376 e. The molecule has 0 aromatic carbocycles. The van der Waals surface area contributed by atoms with Crippen LogP contribution in [0.3, 0.4) is 0 Å². The van der Waals surface area contributed by atoms with Crippen molar-refractivity contribution in [3.8, 4) is 0 Å². The maximum Gasteiger partial charge on any atom is 0.346 e. The highest BCUT2D eigenvalue weighted by atomic mass is 32.2. The number of thioether (sulfide) groups is 1. The van der Waals surface area contributed by atoms with Crippen molar-refractivity contribution in [2.75, 3.05) is 18.9 Å². The van der Waals surface area contributed by atoms with E-state index in [4.69, 9.17) is 4.74 Å². The quantitative estimate of drug-likeness (QED) is 0.616. The summed E-state index contributed by atoms with van der Waals surface area (Å²) in [6.07, 6.45) is 5.09. The van der Waals surface area contributed by atoms with Crippen LogP contribution in [0.1, 0.15) is 30.5 Å². The summed E-state index contributed by atoms with van der Waals surface area (Å²) >= 11 is 1.35. The summed E-state index contributed by atoms with van der Waals surface area (Å²) < 4.78 is 5.46. The molecule has 1 aliphatic heterocycles. The van der Waals surface area contributed by atoms with Crippen LogP contribution in [-0.4, -0.2) is 40.9 Å². The fraction of sp³-hybridized carbons (Fsp3) is 0.643. The number of aromatic amines is 1. The molecule has 1 fully saturated rings. The van der Waals surface area contributed by atoms with Gasteiger partial charge in [0.1, 0.15) is 5.03 Å². The van der Waals surface area contributed by atoms with Gasteiger partial charge in [0.25, 0.3) is 0 Å². The molecule has 1 saturated heterocycles. The molecule has 21 heavy (non-hydrogen) atoms. The van der Waals surface area contributed by atoms with Gasteiger partial charge in [-0.25, -0.2) is 4.79 Å². The van der Waals surface area contributed by atoms with Crippen molar-refractivity contribution in [1.82, 2.24) is 15.3 Å². The van der Waals surface area contributed by atoms with Crippen molar-refractivity contribution in [2.45, 2.75) is 43.2 Å². The Balaban J connectivity index is 1.53. The highest BCUT2D eigenvalue weighted by molar-refractivity contribution is 7.99. The molecule has 0 bridgehead atoms.